The van der Waals surface area contributed by atoms with Gasteiger partial charge in [0.25, 0.3) is 0 Å². The molecule has 0 aliphatic heterocycles. The summed E-state index contributed by atoms with van der Waals surface area (Å²) in [5.41, 5.74) is 0. The molecule has 0 heterocycles. The summed E-state index contributed by atoms with van der Waals surface area (Å²) in [6.07, 6.45) is 0. The second kappa shape index (κ2) is 5.22. The monoisotopic (exact) mass is 324 g/mol. The van der Waals surface area contributed by atoms with Gasteiger partial charge in [-0.25, -0.2) is 0 Å². The van der Waals surface area contributed by atoms with Gasteiger partial charge in [0.1, 0.15) is 0 Å². The van der Waals surface area contributed by atoms with E-state index < -0.39 is 8.80 Å². The molecule has 0 N–H and O–H groups in total. The molecule has 1 rings (SSSR count). The summed E-state index contributed by atoms with van der Waals surface area (Å²) < 4.78 is 17.2. The Kier molecular flexibility index (Phi) is 4.52. The fraction of sp³-hybridized carbons (Fsp3) is 0.333. The number of halogens is 1. The van der Waals surface area contributed by atoms with Crippen molar-refractivity contribution >= 4 is 36.6 Å². The maximum absolute atomic E-state index is 5.37. The molecule has 0 aliphatic rings. The van der Waals surface area contributed by atoms with Crippen LogP contribution in [0.15, 0.2) is 24.3 Å². The summed E-state index contributed by atoms with van der Waals surface area (Å²) in [5.74, 6) is 0. The molecular weight excluding hydrogens is 311 g/mol. The second-order valence-corrected chi connectivity index (χ2v) is 6.84. The minimum Gasteiger partial charge on any atom is -0.373 e. The van der Waals surface area contributed by atoms with E-state index in [1.165, 1.54) is 0 Å². The molecule has 0 saturated carbocycles. The Hall–Kier alpha value is 0.0469. The first-order valence-electron chi connectivity index (χ1n) is 4.10. The van der Waals surface area contributed by atoms with Crippen molar-refractivity contribution in [3.8, 4) is 0 Å². The molecule has 0 saturated heterocycles. The molecule has 0 atom stereocenters. The Morgan fingerprint density at radius 1 is 1.07 bits per heavy atom. The average Bonchev–Trinajstić information content (AvgIpc) is 2.22. The van der Waals surface area contributed by atoms with Gasteiger partial charge in [0, 0.05) is 30.1 Å². The van der Waals surface area contributed by atoms with Gasteiger partial charge in [0.05, 0.1) is 0 Å². The van der Waals surface area contributed by atoms with E-state index in [-0.39, 0.29) is 0 Å². The van der Waals surface area contributed by atoms with Crippen LogP contribution in [0.4, 0.5) is 0 Å². The van der Waals surface area contributed by atoms with Crippen molar-refractivity contribution in [2.75, 3.05) is 21.3 Å². The van der Waals surface area contributed by atoms with Crippen molar-refractivity contribution in [1.82, 2.24) is 0 Å². The van der Waals surface area contributed by atoms with Crippen LogP contribution < -0.4 is 5.19 Å². The third kappa shape index (κ3) is 2.34. The molecule has 14 heavy (non-hydrogen) atoms. The van der Waals surface area contributed by atoms with Crippen molar-refractivity contribution in [1.29, 1.82) is 0 Å². The molecule has 1 aromatic rings. The van der Waals surface area contributed by atoms with Gasteiger partial charge in [-0.15, -0.1) is 0 Å². The third-order valence-corrected chi connectivity index (χ3v) is 5.29. The van der Waals surface area contributed by atoms with Gasteiger partial charge < -0.3 is 13.3 Å². The zero-order valence-corrected chi connectivity index (χ0v) is 11.6. The van der Waals surface area contributed by atoms with Gasteiger partial charge in [0.2, 0.25) is 0 Å². The SMILES string of the molecule is CO[Si](OC)(OC)c1cccc(I)c1. The van der Waals surface area contributed by atoms with E-state index in [1.807, 2.05) is 24.3 Å². The van der Waals surface area contributed by atoms with E-state index in [1.54, 1.807) is 21.3 Å². The van der Waals surface area contributed by atoms with Crippen molar-refractivity contribution in [2.24, 2.45) is 0 Å². The first kappa shape index (κ1) is 12.1. The number of hydrogen-bond donors (Lipinski definition) is 0. The van der Waals surface area contributed by atoms with Crippen LogP contribution in [-0.2, 0) is 13.3 Å². The highest BCUT2D eigenvalue weighted by Gasteiger charge is 2.40. The van der Waals surface area contributed by atoms with Crippen LogP contribution in [0, 0.1) is 3.57 Å². The normalized spacial score (nSPS) is 11.7. The van der Waals surface area contributed by atoms with Gasteiger partial charge in [-0.1, -0.05) is 12.1 Å². The molecule has 0 aromatic heterocycles. The Morgan fingerprint density at radius 2 is 1.64 bits per heavy atom. The maximum Gasteiger partial charge on any atom is 0.536 e. The fourth-order valence-electron chi connectivity index (χ4n) is 1.28. The van der Waals surface area contributed by atoms with Gasteiger partial charge in [-0.3, -0.25) is 0 Å². The Bertz CT molecular complexity index is 294. The zero-order valence-electron chi connectivity index (χ0n) is 8.41. The molecule has 0 amide bonds. The summed E-state index contributed by atoms with van der Waals surface area (Å²) in [6, 6.07) is 7.97. The standard InChI is InChI=1S/C9H13IO3Si/c1-11-14(12-2,13-3)9-6-4-5-8(10)7-9/h4-7H,1-3H3. The predicted octanol–water partition coefficient (Wildman–Crippen LogP) is 1.38. The topological polar surface area (TPSA) is 27.7 Å². The molecule has 78 valence electrons. The Labute approximate surface area is 98.9 Å². The van der Waals surface area contributed by atoms with Crippen molar-refractivity contribution in [3.05, 3.63) is 27.8 Å². The van der Waals surface area contributed by atoms with Crippen molar-refractivity contribution in [2.45, 2.75) is 0 Å². The van der Waals surface area contributed by atoms with E-state index in [0.717, 1.165) is 8.76 Å². The molecule has 0 aliphatic carbocycles. The summed E-state index contributed by atoms with van der Waals surface area (Å²) in [5, 5.41) is 0.983. The van der Waals surface area contributed by atoms with Crippen LogP contribution in [0.2, 0.25) is 0 Å². The van der Waals surface area contributed by atoms with Crippen LogP contribution in [-0.4, -0.2) is 30.1 Å². The van der Waals surface area contributed by atoms with Crippen LogP contribution in [0.3, 0.4) is 0 Å². The molecule has 0 bridgehead atoms. The molecule has 0 radical (unpaired) electrons. The lowest BCUT2D eigenvalue weighted by Crippen LogP contribution is -2.54. The van der Waals surface area contributed by atoms with E-state index in [9.17, 15) is 0 Å². The molecule has 0 fully saturated rings. The fourth-order valence-corrected chi connectivity index (χ4v) is 3.96. The lowest BCUT2D eigenvalue weighted by Gasteiger charge is -2.24. The maximum atomic E-state index is 5.37. The number of benzene rings is 1. The highest BCUT2D eigenvalue weighted by atomic mass is 127. The largest absolute Gasteiger partial charge is 0.536 e. The zero-order chi connectivity index (χ0) is 10.6. The van der Waals surface area contributed by atoms with Crippen molar-refractivity contribution in [3.63, 3.8) is 0 Å². The van der Waals surface area contributed by atoms with Crippen molar-refractivity contribution < 1.29 is 13.3 Å². The number of rotatable bonds is 4. The summed E-state index contributed by atoms with van der Waals surface area (Å²) in [6.45, 7) is 0. The van der Waals surface area contributed by atoms with Gasteiger partial charge in [-0.05, 0) is 34.7 Å². The average molecular weight is 324 g/mol. The summed E-state index contributed by atoms with van der Waals surface area (Å²) >= 11 is 2.25. The summed E-state index contributed by atoms with van der Waals surface area (Å²) in [4.78, 5) is 0. The molecule has 5 heteroatoms. The smallest absolute Gasteiger partial charge is 0.373 e. The minimum absolute atomic E-state index is 0.983. The first-order chi connectivity index (χ1) is 6.68. The number of hydrogen-bond acceptors (Lipinski definition) is 3. The molecule has 0 spiro atoms. The van der Waals surface area contributed by atoms with E-state index in [0.29, 0.717) is 0 Å². The Balaban J connectivity index is 3.10. The van der Waals surface area contributed by atoms with Gasteiger partial charge >= 0.3 is 8.80 Å². The quantitative estimate of drug-likeness (QED) is 0.619. The van der Waals surface area contributed by atoms with E-state index in [2.05, 4.69) is 22.6 Å². The molecular formula is C9H13IO3Si. The molecule has 0 unspecified atom stereocenters. The lowest BCUT2D eigenvalue weighted by molar-refractivity contribution is 0.140. The second-order valence-electron chi connectivity index (χ2n) is 2.68. The lowest BCUT2D eigenvalue weighted by atomic mass is 10.4. The predicted molar refractivity (Wildman–Crippen MR) is 65.6 cm³/mol. The van der Waals surface area contributed by atoms with Gasteiger partial charge in [-0.2, -0.15) is 0 Å². The van der Waals surface area contributed by atoms with Crippen LogP contribution >= 0.6 is 22.6 Å². The van der Waals surface area contributed by atoms with Crippen LogP contribution in [0.5, 0.6) is 0 Å². The Morgan fingerprint density at radius 3 is 2.07 bits per heavy atom. The van der Waals surface area contributed by atoms with Crippen LogP contribution in [0.1, 0.15) is 0 Å². The third-order valence-electron chi connectivity index (χ3n) is 1.98. The van der Waals surface area contributed by atoms with E-state index in [4.69, 9.17) is 13.3 Å². The summed E-state index contributed by atoms with van der Waals surface area (Å²) in [7, 11) is 2.20. The van der Waals surface area contributed by atoms with E-state index >= 15 is 0 Å². The molecule has 3 nitrogen and oxygen atoms in total. The van der Waals surface area contributed by atoms with Gasteiger partial charge in [0.15, 0.2) is 0 Å². The first-order valence-corrected chi connectivity index (χ1v) is 6.90. The molecule has 1 aromatic carbocycles. The minimum atomic E-state index is -2.63. The highest BCUT2D eigenvalue weighted by molar-refractivity contribution is 14.1. The highest BCUT2D eigenvalue weighted by Crippen LogP contribution is 2.09. The van der Waals surface area contributed by atoms with Crippen LogP contribution in [0.25, 0.3) is 0 Å².